The number of hydrogen-bond acceptors (Lipinski definition) is 2. The van der Waals surface area contributed by atoms with E-state index in [4.69, 9.17) is 0 Å². The molecule has 2 aromatic heterocycles. The summed E-state index contributed by atoms with van der Waals surface area (Å²) in [5.74, 6) is -0.295. The first-order valence-electron chi connectivity index (χ1n) is 11.4. The number of para-hydroxylation sites is 3. The Morgan fingerprint density at radius 2 is 1.31 bits per heavy atom. The predicted octanol–water partition coefficient (Wildman–Crippen LogP) is 7.61. The molecule has 4 aromatic carbocycles. The Labute approximate surface area is 202 Å². The maximum atomic E-state index is 13.3. The summed E-state index contributed by atoms with van der Waals surface area (Å²) in [4.78, 5) is 26.0. The highest BCUT2D eigenvalue weighted by molar-refractivity contribution is 6.20. The van der Waals surface area contributed by atoms with Crippen LogP contribution in [0.2, 0.25) is 0 Å². The average molecular weight is 455 g/mol. The van der Waals surface area contributed by atoms with Gasteiger partial charge in [0.1, 0.15) is 0 Å². The average Bonchev–Trinajstić information content (AvgIpc) is 3.40. The molecule has 0 fully saturated rings. The monoisotopic (exact) mass is 454 g/mol. The minimum Gasteiger partial charge on any atom is -0.276 e. The van der Waals surface area contributed by atoms with Crippen LogP contribution in [-0.4, -0.2) is 20.9 Å². The minimum atomic E-state index is -0.168. The van der Waals surface area contributed by atoms with Gasteiger partial charge in [0.25, 0.3) is 11.8 Å². The molecule has 6 rings (SSSR count). The van der Waals surface area contributed by atoms with Crippen molar-refractivity contribution in [3.05, 3.63) is 110 Å². The topological polar surface area (TPSA) is 44.0 Å². The number of hydrogen-bond donors (Lipinski definition) is 0. The van der Waals surface area contributed by atoms with E-state index < -0.39 is 0 Å². The van der Waals surface area contributed by atoms with E-state index in [1.54, 1.807) is 16.1 Å². The summed E-state index contributed by atoms with van der Waals surface area (Å²) >= 11 is 0. The second kappa shape index (κ2) is 7.67. The Morgan fingerprint density at radius 3 is 2.00 bits per heavy atom. The summed E-state index contributed by atoms with van der Waals surface area (Å²) in [5, 5.41) is 4.00. The van der Waals surface area contributed by atoms with E-state index in [9.17, 15) is 9.59 Å². The van der Waals surface area contributed by atoms with Crippen molar-refractivity contribution in [1.29, 1.82) is 0 Å². The lowest BCUT2D eigenvalue weighted by atomic mass is 10.00. The van der Waals surface area contributed by atoms with Crippen LogP contribution in [0, 0.1) is 0 Å². The fourth-order valence-electron chi connectivity index (χ4n) is 5.12. The zero-order valence-electron chi connectivity index (χ0n) is 19.3. The predicted molar refractivity (Wildman–Crippen MR) is 144 cm³/mol. The first kappa shape index (κ1) is 20.9. The standard InChI is InChI=1S/C31H22N2O2/c1-4-29(34)32-26-14-7-6-11-23(26)25-18-20(16-17-28(25)32)21-12-9-13-24-22-10-5-8-15-27(22)33(30(21)24)31(35)19(2)3/h4-18H,1-2H2,3H3. The van der Waals surface area contributed by atoms with E-state index in [2.05, 4.69) is 25.3 Å². The molecule has 0 bridgehead atoms. The molecule has 0 aliphatic carbocycles. The van der Waals surface area contributed by atoms with E-state index in [-0.39, 0.29) is 11.8 Å². The van der Waals surface area contributed by atoms with Crippen molar-refractivity contribution in [3.63, 3.8) is 0 Å². The molecule has 168 valence electrons. The van der Waals surface area contributed by atoms with Gasteiger partial charge in [-0.1, -0.05) is 73.8 Å². The second-order valence-electron chi connectivity index (χ2n) is 8.77. The van der Waals surface area contributed by atoms with E-state index in [0.29, 0.717) is 5.57 Å². The van der Waals surface area contributed by atoms with Crippen LogP contribution in [0.1, 0.15) is 16.5 Å². The summed E-state index contributed by atoms with van der Waals surface area (Å²) in [6, 6.07) is 28.0. The highest BCUT2D eigenvalue weighted by Gasteiger charge is 2.21. The molecule has 0 saturated carbocycles. The fraction of sp³-hybridized carbons (Fsp3) is 0.0323. The maximum Gasteiger partial charge on any atom is 0.257 e. The largest absolute Gasteiger partial charge is 0.276 e. The van der Waals surface area contributed by atoms with Gasteiger partial charge in [-0.3, -0.25) is 18.7 Å². The van der Waals surface area contributed by atoms with Gasteiger partial charge in [0.05, 0.1) is 22.1 Å². The first-order valence-corrected chi connectivity index (χ1v) is 11.4. The Balaban J connectivity index is 1.72. The van der Waals surface area contributed by atoms with Crippen LogP contribution in [0.5, 0.6) is 0 Å². The smallest absolute Gasteiger partial charge is 0.257 e. The molecule has 0 aliphatic heterocycles. The minimum absolute atomic E-state index is 0.127. The summed E-state index contributed by atoms with van der Waals surface area (Å²) in [7, 11) is 0. The van der Waals surface area contributed by atoms with Gasteiger partial charge in [0.2, 0.25) is 0 Å². The number of benzene rings is 4. The molecule has 6 aromatic rings. The van der Waals surface area contributed by atoms with Gasteiger partial charge in [0.15, 0.2) is 0 Å². The molecular weight excluding hydrogens is 432 g/mol. The number of rotatable bonds is 3. The zero-order valence-corrected chi connectivity index (χ0v) is 19.3. The molecule has 2 heterocycles. The van der Waals surface area contributed by atoms with Crippen LogP contribution >= 0.6 is 0 Å². The molecule has 35 heavy (non-hydrogen) atoms. The summed E-state index contributed by atoms with van der Waals surface area (Å²) < 4.78 is 3.47. The Kier molecular flexibility index (Phi) is 4.58. The maximum absolute atomic E-state index is 13.3. The van der Waals surface area contributed by atoms with Crippen molar-refractivity contribution in [1.82, 2.24) is 9.13 Å². The number of allylic oxidation sites excluding steroid dienone is 2. The Hall–Kier alpha value is -4.70. The van der Waals surface area contributed by atoms with Gasteiger partial charge in [-0.25, -0.2) is 0 Å². The molecular formula is C31H22N2O2. The zero-order chi connectivity index (χ0) is 24.3. The summed E-state index contributed by atoms with van der Waals surface area (Å²) in [6.07, 6.45) is 1.34. The summed E-state index contributed by atoms with van der Waals surface area (Å²) in [5.41, 5.74) is 5.77. The molecule has 0 N–H and O–H groups in total. The lowest BCUT2D eigenvalue weighted by molar-refractivity contribution is 0.0961. The van der Waals surface area contributed by atoms with Crippen molar-refractivity contribution in [2.45, 2.75) is 6.92 Å². The molecule has 0 unspecified atom stereocenters. The fourth-order valence-corrected chi connectivity index (χ4v) is 5.12. The molecule has 0 spiro atoms. The normalized spacial score (nSPS) is 11.5. The van der Waals surface area contributed by atoms with E-state index in [0.717, 1.165) is 54.7 Å². The number of carbonyl (C=O) groups excluding carboxylic acids is 2. The molecule has 0 saturated heterocycles. The third-order valence-electron chi connectivity index (χ3n) is 6.64. The Morgan fingerprint density at radius 1 is 0.714 bits per heavy atom. The van der Waals surface area contributed by atoms with Gasteiger partial charge in [-0.15, -0.1) is 0 Å². The summed E-state index contributed by atoms with van der Waals surface area (Å²) in [6.45, 7) is 9.33. The van der Waals surface area contributed by atoms with E-state index >= 15 is 0 Å². The van der Waals surface area contributed by atoms with Crippen LogP contribution in [0.4, 0.5) is 0 Å². The van der Waals surface area contributed by atoms with Crippen molar-refractivity contribution < 1.29 is 9.59 Å². The molecule has 0 amide bonds. The number of nitrogens with zero attached hydrogens (tertiary/aromatic N) is 2. The Bertz CT molecular complexity index is 1880. The molecule has 4 heteroatoms. The van der Waals surface area contributed by atoms with Crippen molar-refractivity contribution in [3.8, 4) is 11.1 Å². The first-order chi connectivity index (χ1) is 17.0. The van der Waals surface area contributed by atoms with Gasteiger partial charge in [-0.05, 0) is 42.8 Å². The lowest BCUT2D eigenvalue weighted by Crippen LogP contribution is -2.11. The second-order valence-corrected chi connectivity index (χ2v) is 8.77. The quantitative estimate of drug-likeness (QED) is 0.258. The van der Waals surface area contributed by atoms with Crippen LogP contribution in [0.15, 0.2) is 110 Å². The highest BCUT2D eigenvalue weighted by atomic mass is 16.2. The van der Waals surface area contributed by atoms with Gasteiger partial charge in [0, 0.05) is 32.7 Å². The molecule has 0 aliphatic rings. The third-order valence-corrected chi connectivity index (χ3v) is 6.64. The third kappa shape index (κ3) is 2.93. The van der Waals surface area contributed by atoms with Gasteiger partial charge >= 0.3 is 0 Å². The highest BCUT2D eigenvalue weighted by Crippen LogP contribution is 2.38. The van der Waals surface area contributed by atoms with Crippen molar-refractivity contribution >= 4 is 55.4 Å². The van der Waals surface area contributed by atoms with Crippen LogP contribution in [0.3, 0.4) is 0 Å². The van der Waals surface area contributed by atoms with Crippen LogP contribution in [-0.2, 0) is 0 Å². The number of fused-ring (bicyclic) bond motifs is 6. The molecule has 4 nitrogen and oxygen atoms in total. The van der Waals surface area contributed by atoms with E-state index in [1.165, 1.54) is 6.08 Å². The van der Waals surface area contributed by atoms with E-state index in [1.807, 2.05) is 72.8 Å². The van der Waals surface area contributed by atoms with Gasteiger partial charge < -0.3 is 0 Å². The lowest BCUT2D eigenvalue weighted by Gasteiger charge is -2.11. The number of carbonyl (C=O) groups is 2. The molecule has 0 radical (unpaired) electrons. The number of aromatic nitrogens is 2. The SMILES string of the molecule is C=CC(=O)n1c2ccccc2c2cc(-c3cccc4c5ccccc5n(C(=O)C(=C)C)c34)ccc21. The molecule has 0 atom stereocenters. The van der Waals surface area contributed by atoms with Crippen molar-refractivity contribution in [2.75, 3.05) is 0 Å². The van der Waals surface area contributed by atoms with Crippen molar-refractivity contribution in [2.24, 2.45) is 0 Å². The van der Waals surface area contributed by atoms with Gasteiger partial charge in [-0.2, -0.15) is 0 Å². The van der Waals surface area contributed by atoms with Crippen LogP contribution in [0.25, 0.3) is 54.7 Å². The van der Waals surface area contributed by atoms with Crippen LogP contribution < -0.4 is 0 Å².